The molecule has 0 aliphatic carbocycles. The lowest BCUT2D eigenvalue weighted by Gasteiger charge is -2.12. The highest BCUT2D eigenvalue weighted by Gasteiger charge is 2.11. The molecule has 0 spiro atoms. The third kappa shape index (κ3) is 3.04. The van der Waals surface area contributed by atoms with Crippen molar-refractivity contribution in [3.8, 4) is 10.9 Å². The van der Waals surface area contributed by atoms with E-state index in [4.69, 9.17) is 4.74 Å². The van der Waals surface area contributed by atoms with Gasteiger partial charge in [-0.15, -0.1) is 5.10 Å². The van der Waals surface area contributed by atoms with E-state index < -0.39 is 0 Å². The van der Waals surface area contributed by atoms with Crippen LogP contribution in [0, 0.1) is 6.92 Å². The molecule has 2 rings (SSSR count). The molecule has 1 aromatic heterocycles. The maximum Gasteiger partial charge on any atom is 0.299 e. The molecule has 0 saturated carbocycles. The molecule has 90 valence electrons. The second-order valence-corrected chi connectivity index (χ2v) is 6.09. The van der Waals surface area contributed by atoms with E-state index in [0.717, 1.165) is 20.8 Å². The average Bonchev–Trinajstić information content (AvgIpc) is 2.66. The predicted molar refractivity (Wildman–Crippen MR) is 73.0 cm³/mol. The van der Waals surface area contributed by atoms with Crippen molar-refractivity contribution in [2.75, 3.05) is 0 Å². The van der Waals surface area contributed by atoms with E-state index in [2.05, 4.69) is 46.0 Å². The number of halogens is 1. The Morgan fingerprint density at radius 1 is 1.29 bits per heavy atom. The number of aryl methyl sites for hydroxylation is 1. The zero-order valence-electron chi connectivity index (χ0n) is 9.90. The smallest absolute Gasteiger partial charge is 0.299 e. The summed E-state index contributed by atoms with van der Waals surface area (Å²) in [7, 11) is 0. The van der Waals surface area contributed by atoms with E-state index in [1.807, 2.05) is 19.1 Å². The SMILES string of the molecule is Cc1nnc(Oc2ccc(Br)cc2C(C)C)s1. The summed E-state index contributed by atoms with van der Waals surface area (Å²) in [4.78, 5) is 0. The number of aromatic nitrogens is 2. The maximum absolute atomic E-state index is 5.77. The Morgan fingerprint density at radius 2 is 2.06 bits per heavy atom. The molecule has 17 heavy (non-hydrogen) atoms. The van der Waals surface area contributed by atoms with Crippen LogP contribution in [-0.4, -0.2) is 10.2 Å². The molecular formula is C12H13BrN2OS. The lowest BCUT2D eigenvalue weighted by molar-refractivity contribution is 0.464. The predicted octanol–water partition coefficient (Wildman–Crippen LogP) is 4.52. The molecule has 0 unspecified atom stereocenters. The van der Waals surface area contributed by atoms with Crippen molar-refractivity contribution < 1.29 is 4.74 Å². The summed E-state index contributed by atoms with van der Waals surface area (Å²) in [6, 6.07) is 6.00. The molecule has 0 aliphatic heterocycles. The van der Waals surface area contributed by atoms with Crippen LogP contribution in [0.15, 0.2) is 22.7 Å². The minimum absolute atomic E-state index is 0.400. The number of rotatable bonds is 3. The molecule has 0 aliphatic rings. The van der Waals surface area contributed by atoms with Gasteiger partial charge in [0.1, 0.15) is 10.8 Å². The Morgan fingerprint density at radius 3 is 2.65 bits per heavy atom. The minimum atomic E-state index is 0.400. The Kier molecular flexibility index (Phi) is 3.79. The van der Waals surface area contributed by atoms with Crippen LogP contribution in [0.5, 0.6) is 10.9 Å². The van der Waals surface area contributed by atoms with Gasteiger partial charge in [-0.25, -0.2) is 0 Å². The van der Waals surface area contributed by atoms with Crippen molar-refractivity contribution in [1.82, 2.24) is 10.2 Å². The summed E-state index contributed by atoms with van der Waals surface area (Å²) in [5, 5.41) is 9.40. The number of benzene rings is 1. The molecule has 0 fully saturated rings. The van der Waals surface area contributed by atoms with Crippen molar-refractivity contribution in [1.29, 1.82) is 0 Å². The fourth-order valence-electron chi connectivity index (χ4n) is 1.48. The van der Waals surface area contributed by atoms with Gasteiger partial charge in [0.2, 0.25) is 0 Å². The summed E-state index contributed by atoms with van der Waals surface area (Å²) < 4.78 is 6.83. The van der Waals surface area contributed by atoms with Crippen molar-refractivity contribution in [3.05, 3.63) is 33.2 Å². The van der Waals surface area contributed by atoms with E-state index in [1.54, 1.807) is 0 Å². The van der Waals surface area contributed by atoms with Gasteiger partial charge in [-0.2, -0.15) is 0 Å². The molecule has 3 nitrogen and oxygen atoms in total. The zero-order valence-corrected chi connectivity index (χ0v) is 12.3. The topological polar surface area (TPSA) is 35.0 Å². The van der Waals surface area contributed by atoms with Crippen LogP contribution in [-0.2, 0) is 0 Å². The quantitative estimate of drug-likeness (QED) is 0.835. The summed E-state index contributed by atoms with van der Waals surface area (Å²) in [6.45, 7) is 6.19. The third-order valence-corrected chi connectivity index (χ3v) is 3.51. The Hall–Kier alpha value is -0.940. The van der Waals surface area contributed by atoms with Crippen LogP contribution < -0.4 is 4.74 Å². The average molecular weight is 313 g/mol. The summed E-state index contributed by atoms with van der Waals surface area (Å²) in [5.41, 5.74) is 1.16. The fourth-order valence-corrected chi connectivity index (χ4v) is 2.40. The molecule has 0 bridgehead atoms. The Labute approximate surface area is 113 Å². The molecule has 0 radical (unpaired) electrons. The standard InChI is InChI=1S/C12H13BrN2OS/c1-7(2)10-6-9(13)4-5-11(10)16-12-15-14-8(3)17-12/h4-7H,1-3H3. The second kappa shape index (κ2) is 5.14. The van der Waals surface area contributed by atoms with E-state index in [0.29, 0.717) is 11.1 Å². The van der Waals surface area contributed by atoms with Crippen molar-refractivity contribution in [2.45, 2.75) is 26.7 Å². The van der Waals surface area contributed by atoms with Crippen LogP contribution in [0.4, 0.5) is 0 Å². The van der Waals surface area contributed by atoms with Gasteiger partial charge in [0.15, 0.2) is 0 Å². The van der Waals surface area contributed by atoms with Crippen LogP contribution >= 0.6 is 27.3 Å². The molecule has 0 saturated heterocycles. The molecule has 2 aromatic rings. The molecule has 0 N–H and O–H groups in total. The first-order valence-electron chi connectivity index (χ1n) is 5.33. The highest BCUT2D eigenvalue weighted by Crippen LogP contribution is 2.33. The van der Waals surface area contributed by atoms with Gasteiger partial charge in [0.25, 0.3) is 5.19 Å². The minimum Gasteiger partial charge on any atom is -0.429 e. The van der Waals surface area contributed by atoms with Gasteiger partial charge >= 0.3 is 0 Å². The van der Waals surface area contributed by atoms with Crippen LogP contribution in [0.25, 0.3) is 0 Å². The van der Waals surface area contributed by atoms with E-state index in [1.165, 1.54) is 11.3 Å². The zero-order chi connectivity index (χ0) is 12.4. The number of hydrogen-bond donors (Lipinski definition) is 0. The third-order valence-electron chi connectivity index (χ3n) is 2.30. The van der Waals surface area contributed by atoms with Crippen LogP contribution in [0.3, 0.4) is 0 Å². The van der Waals surface area contributed by atoms with E-state index in [-0.39, 0.29) is 0 Å². The van der Waals surface area contributed by atoms with Gasteiger partial charge in [0.05, 0.1) is 0 Å². The maximum atomic E-state index is 5.77. The molecule has 1 heterocycles. The summed E-state index contributed by atoms with van der Waals surface area (Å²) in [5.74, 6) is 1.25. The van der Waals surface area contributed by atoms with Gasteiger partial charge in [-0.05, 0) is 36.6 Å². The lowest BCUT2D eigenvalue weighted by Crippen LogP contribution is -1.93. The van der Waals surface area contributed by atoms with Gasteiger partial charge < -0.3 is 4.74 Å². The first kappa shape index (κ1) is 12.5. The monoisotopic (exact) mass is 312 g/mol. The number of ether oxygens (including phenoxy) is 1. The summed E-state index contributed by atoms with van der Waals surface area (Å²) >= 11 is 4.92. The molecule has 0 amide bonds. The normalized spacial score (nSPS) is 10.9. The van der Waals surface area contributed by atoms with Gasteiger partial charge in [0, 0.05) is 4.47 Å². The highest BCUT2D eigenvalue weighted by molar-refractivity contribution is 9.10. The van der Waals surface area contributed by atoms with E-state index in [9.17, 15) is 0 Å². The second-order valence-electron chi connectivity index (χ2n) is 4.03. The van der Waals surface area contributed by atoms with Gasteiger partial charge in [-0.1, -0.05) is 46.2 Å². The Bertz CT molecular complexity index is 525. The first-order valence-corrected chi connectivity index (χ1v) is 6.94. The number of nitrogens with zero attached hydrogens (tertiary/aromatic N) is 2. The molecule has 1 aromatic carbocycles. The molecule has 5 heteroatoms. The molecule has 0 atom stereocenters. The fraction of sp³-hybridized carbons (Fsp3) is 0.333. The van der Waals surface area contributed by atoms with Crippen molar-refractivity contribution >= 4 is 27.3 Å². The lowest BCUT2D eigenvalue weighted by atomic mass is 10.0. The van der Waals surface area contributed by atoms with Crippen molar-refractivity contribution in [2.24, 2.45) is 0 Å². The van der Waals surface area contributed by atoms with Crippen LogP contribution in [0.1, 0.15) is 30.3 Å². The molecular weight excluding hydrogens is 300 g/mol. The van der Waals surface area contributed by atoms with Gasteiger partial charge in [-0.3, -0.25) is 0 Å². The Balaban J connectivity index is 2.32. The highest BCUT2D eigenvalue weighted by atomic mass is 79.9. The largest absolute Gasteiger partial charge is 0.429 e. The number of hydrogen-bond acceptors (Lipinski definition) is 4. The van der Waals surface area contributed by atoms with Crippen molar-refractivity contribution in [3.63, 3.8) is 0 Å². The first-order chi connectivity index (χ1) is 8.06. The van der Waals surface area contributed by atoms with E-state index >= 15 is 0 Å². The van der Waals surface area contributed by atoms with Crippen LogP contribution in [0.2, 0.25) is 0 Å². The summed E-state index contributed by atoms with van der Waals surface area (Å²) in [6.07, 6.45) is 0.